The molecule has 1 saturated carbocycles. The van der Waals surface area contributed by atoms with Gasteiger partial charge in [0.1, 0.15) is 11.9 Å². The van der Waals surface area contributed by atoms with Crippen molar-refractivity contribution in [2.24, 2.45) is 5.73 Å². The summed E-state index contributed by atoms with van der Waals surface area (Å²) in [5, 5.41) is 0. The van der Waals surface area contributed by atoms with E-state index >= 15 is 0 Å². The average molecular weight is 237 g/mol. The van der Waals surface area contributed by atoms with Crippen LogP contribution in [0.5, 0.6) is 5.75 Å². The molecule has 1 aromatic heterocycles. The highest BCUT2D eigenvalue weighted by Crippen LogP contribution is 2.23. The second-order valence-corrected chi connectivity index (χ2v) is 3.15. The first-order chi connectivity index (χ1) is 5.84. The Bertz CT molecular complexity index is 252. The normalized spacial score (nSPS) is 23.8. The number of hydrogen-bond acceptors (Lipinski definition) is 3. The summed E-state index contributed by atoms with van der Waals surface area (Å²) in [6.07, 6.45) is 5.73. The topological polar surface area (TPSA) is 48.1 Å². The molecule has 1 aliphatic rings. The van der Waals surface area contributed by atoms with E-state index in [1.54, 1.807) is 12.4 Å². The first kappa shape index (κ1) is 13.5. The first-order valence-electron chi connectivity index (χ1n) is 4.17. The lowest BCUT2D eigenvalue weighted by atomic mass is 9.90. The smallest absolute Gasteiger partial charge is 0.122 e. The summed E-state index contributed by atoms with van der Waals surface area (Å²) in [5.41, 5.74) is 5.63. The van der Waals surface area contributed by atoms with Gasteiger partial charge < -0.3 is 10.5 Å². The van der Waals surface area contributed by atoms with E-state index in [1.165, 1.54) is 0 Å². The monoisotopic (exact) mass is 236 g/mol. The number of nitrogens with two attached hydrogens (primary N) is 1. The summed E-state index contributed by atoms with van der Waals surface area (Å²) in [6, 6.07) is 4.07. The Hall–Kier alpha value is -0.510. The van der Waals surface area contributed by atoms with E-state index in [0.717, 1.165) is 18.6 Å². The maximum absolute atomic E-state index is 5.63. The Labute approximate surface area is 95.9 Å². The predicted octanol–water partition coefficient (Wildman–Crippen LogP) is 1.79. The number of aromatic nitrogens is 1. The highest BCUT2D eigenvalue weighted by molar-refractivity contribution is 5.85. The third-order valence-corrected chi connectivity index (χ3v) is 2.08. The molecular weight excluding hydrogens is 223 g/mol. The lowest BCUT2D eigenvalue weighted by Gasteiger charge is -2.32. The van der Waals surface area contributed by atoms with Crippen molar-refractivity contribution >= 4 is 24.8 Å². The van der Waals surface area contributed by atoms with Gasteiger partial charge in [-0.3, -0.25) is 4.98 Å². The number of nitrogens with zero attached hydrogens (tertiary/aromatic N) is 1. The van der Waals surface area contributed by atoms with Gasteiger partial charge >= 0.3 is 0 Å². The van der Waals surface area contributed by atoms with Crippen LogP contribution in [-0.4, -0.2) is 17.1 Å². The minimum absolute atomic E-state index is 0. The number of rotatable bonds is 2. The van der Waals surface area contributed by atoms with E-state index in [2.05, 4.69) is 4.98 Å². The molecule has 0 spiro atoms. The number of ether oxygens (including phenoxy) is 1. The number of pyridine rings is 1. The van der Waals surface area contributed by atoms with Crippen LogP contribution in [0, 0.1) is 0 Å². The molecule has 2 N–H and O–H groups in total. The van der Waals surface area contributed by atoms with Gasteiger partial charge in [-0.25, -0.2) is 0 Å². The SMILES string of the molecule is Cl.Cl.NC1CC(Oc2ccncc2)C1. The molecule has 1 heterocycles. The summed E-state index contributed by atoms with van der Waals surface area (Å²) in [6.45, 7) is 0. The molecule has 0 bridgehead atoms. The fourth-order valence-electron chi connectivity index (χ4n) is 1.31. The molecule has 0 unspecified atom stereocenters. The van der Waals surface area contributed by atoms with Gasteiger partial charge in [-0.1, -0.05) is 0 Å². The molecule has 1 aliphatic carbocycles. The van der Waals surface area contributed by atoms with E-state index in [0.29, 0.717) is 12.1 Å². The highest BCUT2D eigenvalue weighted by Gasteiger charge is 2.27. The second kappa shape index (κ2) is 6.06. The quantitative estimate of drug-likeness (QED) is 0.853. The lowest BCUT2D eigenvalue weighted by molar-refractivity contribution is 0.101. The van der Waals surface area contributed by atoms with Crippen LogP contribution in [0.15, 0.2) is 24.5 Å². The van der Waals surface area contributed by atoms with Gasteiger partial charge in [-0.2, -0.15) is 0 Å². The maximum atomic E-state index is 5.63. The predicted molar refractivity (Wildman–Crippen MR) is 60.4 cm³/mol. The molecule has 3 nitrogen and oxygen atoms in total. The standard InChI is InChI=1S/C9H12N2O.2ClH/c10-7-5-9(6-7)12-8-1-3-11-4-2-8;;/h1-4,7,9H,5-6,10H2;2*1H. The Balaban J connectivity index is 0.000000845. The van der Waals surface area contributed by atoms with Crippen LogP contribution in [0.2, 0.25) is 0 Å². The lowest BCUT2D eigenvalue weighted by Crippen LogP contribution is -2.43. The molecule has 5 heteroatoms. The molecule has 0 saturated heterocycles. The second-order valence-electron chi connectivity index (χ2n) is 3.15. The van der Waals surface area contributed by atoms with Crippen molar-refractivity contribution < 1.29 is 4.74 Å². The van der Waals surface area contributed by atoms with Gasteiger partial charge in [0, 0.05) is 18.4 Å². The Morgan fingerprint density at radius 3 is 2.29 bits per heavy atom. The first-order valence-corrected chi connectivity index (χ1v) is 4.17. The molecule has 14 heavy (non-hydrogen) atoms. The Kier molecular flexibility index (Phi) is 5.84. The molecule has 0 atom stereocenters. The summed E-state index contributed by atoms with van der Waals surface area (Å²) >= 11 is 0. The zero-order valence-electron chi connectivity index (χ0n) is 7.63. The van der Waals surface area contributed by atoms with E-state index in [-0.39, 0.29) is 24.8 Å². The van der Waals surface area contributed by atoms with Crippen LogP contribution in [0.4, 0.5) is 0 Å². The maximum Gasteiger partial charge on any atom is 0.122 e. The zero-order valence-corrected chi connectivity index (χ0v) is 9.26. The number of halogens is 2. The molecule has 2 rings (SSSR count). The number of hydrogen-bond donors (Lipinski definition) is 1. The fourth-order valence-corrected chi connectivity index (χ4v) is 1.31. The van der Waals surface area contributed by atoms with Crippen molar-refractivity contribution in [1.82, 2.24) is 4.98 Å². The van der Waals surface area contributed by atoms with Crippen molar-refractivity contribution in [3.63, 3.8) is 0 Å². The molecular formula is C9H14Cl2N2O. The largest absolute Gasteiger partial charge is 0.490 e. The van der Waals surface area contributed by atoms with Gasteiger partial charge in [0.15, 0.2) is 0 Å². The van der Waals surface area contributed by atoms with Crippen LogP contribution in [0.1, 0.15) is 12.8 Å². The minimum atomic E-state index is 0. The van der Waals surface area contributed by atoms with E-state index < -0.39 is 0 Å². The van der Waals surface area contributed by atoms with E-state index in [4.69, 9.17) is 10.5 Å². The zero-order chi connectivity index (χ0) is 8.39. The minimum Gasteiger partial charge on any atom is -0.490 e. The molecule has 0 amide bonds. The Morgan fingerprint density at radius 1 is 1.21 bits per heavy atom. The summed E-state index contributed by atoms with van der Waals surface area (Å²) < 4.78 is 5.60. The Morgan fingerprint density at radius 2 is 1.79 bits per heavy atom. The van der Waals surface area contributed by atoms with Gasteiger partial charge in [-0.05, 0) is 25.0 Å². The van der Waals surface area contributed by atoms with E-state index in [9.17, 15) is 0 Å². The van der Waals surface area contributed by atoms with Crippen molar-refractivity contribution in [1.29, 1.82) is 0 Å². The molecule has 80 valence electrons. The molecule has 0 aromatic carbocycles. The highest BCUT2D eigenvalue weighted by atomic mass is 35.5. The van der Waals surface area contributed by atoms with Crippen molar-refractivity contribution in [3.05, 3.63) is 24.5 Å². The third-order valence-electron chi connectivity index (χ3n) is 2.08. The van der Waals surface area contributed by atoms with Gasteiger partial charge in [0.2, 0.25) is 0 Å². The van der Waals surface area contributed by atoms with Gasteiger partial charge in [0.25, 0.3) is 0 Å². The summed E-state index contributed by atoms with van der Waals surface area (Å²) in [7, 11) is 0. The van der Waals surface area contributed by atoms with Crippen molar-refractivity contribution in [3.8, 4) is 5.75 Å². The van der Waals surface area contributed by atoms with Crippen LogP contribution in [-0.2, 0) is 0 Å². The molecule has 1 aromatic rings. The van der Waals surface area contributed by atoms with Crippen molar-refractivity contribution in [2.75, 3.05) is 0 Å². The van der Waals surface area contributed by atoms with Crippen LogP contribution in [0.3, 0.4) is 0 Å². The van der Waals surface area contributed by atoms with Crippen LogP contribution >= 0.6 is 24.8 Å². The molecule has 0 radical (unpaired) electrons. The van der Waals surface area contributed by atoms with Gasteiger partial charge in [-0.15, -0.1) is 24.8 Å². The van der Waals surface area contributed by atoms with Crippen LogP contribution < -0.4 is 10.5 Å². The average Bonchev–Trinajstić information content (AvgIpc) is 2.04. The van der Waals surface area contributed by atoms with Crippen LogP contribution in [0.25, 0.3) is 0 Å². The van der Waals surface area contributed by atoms with Gasteiger partial charge in [0.05, 0.1) is 0 Å². The van der Waals surface area contributed by atoms with Crippen molar-refractivity contribution in [2.45, 2.75) is 25.0 Å². The fraction of sp³-hybridized carbons (Fsp3) is 0.444. The third kappa shape index (κ3) is 3.33. The summed E-state index contributed by atoms with van der Waals surface area (Å²) in [5.74, 6) is 0.891. The summed E-state index contributed by atoms with van der Waals surface area (Å²) in [4.78, 5) is 3.91. The van der Waals surface area contributed by atoms with E-state index in [1.807, 2.05) is 12.1 Å². The molecule has 0 aliphatic heterocycles. The molecule has 1 fully saturated rings.